The molecule has 3 rings (SSSR count). The second-order valence-corrected chi connectivity index (χ2v) is 6.23. The molecule has 1 fully saturated rings. The van der Waals surface area contributed by atoms with Gasteiger partial charge in [-0.15, -0.1) is 0 Å². The highest BCUT2D eigenvalue weighted by Crippen LogP contribution is 2.27. The van der Waals surface area contributed by atoms with Crippen molar-refractivity contribution in [3.05, 3.63) is 47.4 Å². The molecule has 1 aliphatic rings. The average Bonchev–Trinajstić information content (AvgIpc) is 3.02. The summed E-state index contributed by atoms with van der Waals surface area (Å²) >= 11 is 6.19. The molecule has 1 aliphatic heterocycles. The molecule has 1 unspecified atom stereocenters. The minimum absolute atomic E-state index is 0.0371. The first-order valence-corrected chi connectivity index (χ1v) is 8.08. The minimum Gasteiger partial charge on any atom is -0.459 e. The van der Waals surface area contributed by atoms with Gasteiger partial charge < -0.3 is 20.4 Å². The zero-order valence-corrected chi connectivity index (χ0v) is 13.9. The maximum Gasteiger partial charge on any atom is 0.291 e. The van der Waals surface area contributed by atoms with Gasteiger partial charge in [0.2, 0.25) is 5.91 Å². The normalized spacial score (nSPS) is 15.4. The number of benzene rings is 1. The van der Waals surface area contributed by atoms with Gasteiger partial charge in [0.05, 0.1) is 17.0 Å². The molecular formula is C17H18ClN3O3. The van der Waals surface area contributed by atoms with Crippen LogP contribution in [0, 0.1) is 11.8 Å². The Morgan fingerprint density at radius 1 is 1.29 bits per heavy atom. The largest absolute Gasteiger partial charge is 0.459 e. The van der Waals surface area contributed by atoms with E-state index in [2.05, 4.69) is 16.0 Å². The molecule has 2 aromatic rings. The summed E-state index contributed by atoms with van der Waals surface area (Å²) in [7, 11) is 0. The predicted octanol–water partition coefficient (Wildman–Crippen LogP) is 2.98. The average molecular weight is 348 g/mol. The zero-order valence-electron chi connectivity index (χ0n) is 13.1. The van der Waals surface area contributed by atoms with Gasteiger partial charge in [-0.25, -0.2) is 0 Å². The van der Waals surface area contributed by atoms with Crippen LogP contribution in [-0.4, -0.2) is 24.9 Å². The molecule has 7 heteroatoms. The Kier molecular flexibility index (Phi) is 4.87. The Hall–Kier alpha value is -2.31. The number of nitrogens with one attached hydrogen (secondary N) is 3. The van der Waals surface area contributed by atoms with Crippen molar-refractivity contribution in [3.8, 4) is 0 Å². The third-order valence-electron chi connectivity index (χ3n) is 4.16. The maximum atomic E-state index is 12.2. The van der Waals surface area contributed by atoms with Crippen molar-refractivity contribution in [2.24, 2.45) is 11.8 Å². The summed E-state index contributed by atoms with van der Waals surface area (Å²) in [6.07, 6.45) is 1.42. The van der Waals surface area contributed by atoms with E-state index in [1.165, 1.54) is 6.26 Å². The minimum atomic E-state index is -0.384. The maximum absolute atomic E-state index is 12.2. The molecular weight excluding hydrogens is 330 g/mol. The van der Waals surface area contributed by atoms with Gasteiger partial charge in [0.1, 0.15) is 0 Å². The van der Waals surface area contributed by atoms with Crippen LogP contribution in [0.4, 0.5) is 11.4 Å². The number of rotatable bonds is 5. The quantitative estimate of drug-likeness (QED) is 0.776. The molecule has 0 radical (unpaired) electrons. The van der Waals surface area contributed by atoms with Gasteiger partial charge in [-0.05, 0) is 49.3 Å². The molecule has 1 aromatic carbocycles. The first-order valence-electron chi connectivity index (χ1n) is 7.70. The molecule has 6 nitrogen and oxygen atoms in total. The fourth-order valence-corrected chi connectivity index (χ4v) is 2.65. The molecule has 0 saturated carbocycles. The molecule has 0 aliphatic carbocycles. The Morgan fingerprint density at radius 2 is 2.08 bits per heavy atom. The number of furan rings is 1. The van der Waals surface area contributed by atoms with Crippen molar-refractivity contribution in [2.45, 2.75) is 6.92 Å². The summed E-state index contributed by atoms with van der Waals surface area (Å²) in [4.78, 5) is 24.2. The van der Waals surface area contributed by atoms with Gasteiger partial charge in [-0.3, -0.25) is 9.59 Å². The Morgan fingerprint density at radius 3 is 2.67 bits per heavy atom. The molecule has 1 aromatic heterocycles. The molecule has 2 amide bonds. The Bertz CT molecular complexity index is 742. The van der Waals surface area contributed by atoms with E-state index in [9.17, 15) is 9.59 Å². The summed E-state index contributed by atoms with van der Waals surface area (Å²) in [5, 5.41) is 9.02. The standard InChI is InChI=1S/C17H18ClN3O3/c1-10(11-8-19-9-11)16(22)20-12-4-5-14(13(18)7-12)21-17(23)15-3-2-6-24-15/h2-7,10-11,19H,8-9H2,1H3,(H,20,22)(H,21,23). The van der Waals surface area contributed by atoms with E-state index in [0.717, 1.165) is 13.1 Å². The zero-order chi connectivity index (χ0) is 17.1. The van der Waals surface area contributed by atoms with E-state index in [0.29, 0.717) is 22.3 Å². The topological polar surface area (TPSA) is 83.4 Å². The van der Waals surface area contributed by atoms with Crippen LogP contribution >= 0.6 is 11.6 Å². The highest BCUT2D eigenvalue weighted by molar-refractivity contribution is 6.34. The summed E-state index contributed by atoms with van der Waals surface area (Å²) in [6.45, 7) is 3.65. The molecule has 126 valence electrons. The van der Waals surface area contributed by atoms with Gasteiger partial charge in [0, 0.05) is 11.6 Å². The summed E-state index contributed by atoms with van der Waals surface area (Å²) in [5.74, 6) is 0.0804. The van der Waals surface area contributed by atoms with E-state index in [-0.39, 0.29) is 23.5 Å². The van der Waals surface area contributed by atoms with Crippen LogP contribution in [-0.2, 0) is 4.79 Å². The number of amides is 2. The Labute approximate surface area is 144 Å². The fraction of sp³-hybridized carbons (Fsp3) is 0.294. The lowest BCUT2D eigenvalue weighted by Gasteiger charge is -2.31. The van der Waals surface area contributed by atoms with Gasteiger partial charge in [0.25, 0.3) is 5.91 Å². The van der Waals surface area contributed by atoms with Crippen LogP contribution < -0.4 is 16.0 Å². The lowest BCUT2D eigenvalue weighted by atomic mass is 9.88. The SMILES string of the molecule is CC(C(=O)Nc1ccc(NC(=O)c2ccco2)c(Cl)c1)C1CNC1. The van der Waals surface area contributed by atoms with Crippen LogP contribution in [0.3, 0.4) is 0 Å². The van der Waals surface area contributed by atoms with Crippen molar-refractivity contribution in [3.63, 3.8) is 0 Å². The molecule has 0 bridgehead atoms. The molecule has 1 atom stereocenters. The third kappa shape index (κ3) is 3.60. The van der Waals surface area contributed by atoms with Gasteiger partial charge in [0.15, 0.2) is 5.76 Å². The molecule has 1 saturated heterocycles. The summed E-state index contributed by atoms with van der Waals surface area (Å²) in [6, 6.07) is 8.16. The van der Waals surface area contributed by atoms with Gasteiger partial charge in [-0.2, -0.15) is 0 Å². The lowest BCUT2D eigenvalue weighted by Crippen LogP contribution is -2.48. The van der Waals surface area contributed by atoms with Crippen LogP contribution in [0.5, 0.6) is 0 Å². The molecule has 2 heterocycles. The first kappa shape index (κ1) is 16.5. The van der Waals surface area contributed by atoms with Crippen molar-refractivity contribution in [1.29, 1.82) is 0 Å². The highest BCUT2D eigenvalue weighted by Gasteiger charge is 2.28. The number of halogens is 1. The van der Waals surface area contributed by atoms with E-state index in [4.69, 9.17) is 16.0 Å². The monoisotopic (exact) mass is 347 g/mol. The van der Waals surface area contributed by atoms with Gasteiger partial charge in [-0.1, -0.05) is 18.5 Å². The van der Waals surface area contributed by atoms with Gasteiger partial charge >= 0.3 is 0 Å². The van der Waals surface area contributed by atoms with Crippen LogP contribution in [0.2, 0.25) is 5.02 Å². The van der Waals surface area contributed by atoms with Crippen molar-refractivity contribution in [1.82, 2.24) is 5.32 Å². The van der Waals surface area contributed by atoms with E-state index in [1.807, 2.05) is 6.92 Å². The highest BCUT2D eigenvalue weighted by atomic mass is 35.5. The van der Waals surface area contributed by atoms with Crippen LogP contribution in [0.15, 0.2) is 41.0 Å². The van der Waals surface area contributed by atoms with Crippen LogP contribution in [0.1, 0.15) is 17.5 Å². The van der Waals surface area contributed by atoms with Crippen molar-refractivity contribution >= 4 is 34.8 Å². The second kappa shape index (κ2) is 7.07. The number of carbonyl (C=O) groups excluding carboxylic acids is 2. The third-order valence-corrected chi connectivity index (χ3v) is 4.48. The van der Waals surface area contributed by atoms with E-state index >= 15 is 0 Å². The Balaban J connectivity index is 1.63. The van der Waals surface area contributed by atoms with Crippen LogP contribution in [0.25, 0.3) is 0 Å². The second-order valence-electron chi connectivity index (χ2n) is 5.82. The van der Waals surface area contributed by atoms with E-state index in [1.54, 1.807) is 30.3 Å². The van der Waals surface area contributed by atoms with Crippen molar-refractivity contribution < 1.29 is 14.0 Å². The summed E-state index contributed by atoms with van der Waals surface area (Å²) < 4.78 is 5.03. The molecule has 24 heavy (non-hydrogen) atoms. The number of hydrogen-bond donors (Lipinski definition) is 3. The van der Waals surface area contributed by atoms with Crippen molar-refractivity contribution in [2.75, 3.05) is 23.7 Å². The van der Waals surface area contributed by atoms with E-state index < -0.39 is 0 Å². The smallest absolute Gasteiger partial charge is 0.291 e. The molecule has 3 N–H and O–H groups in total. The lowest BCUT2D eigenvalue weighted by molar-refractivity contribution is -0.121. The number of anilines is 2. The summed E-state index contributed by atoms with van der Waals surface area (Å²) in [5.41, 5.74) is 1.05. The molecule has 0 spiro atoms. The predicted molar refractivity (Wildman–Crippen MR) is 92.3 cm³/mol. The number of hydrogen-bond acceptors (Lipinski definition) is 4. The fourth-order valence-electron chi connectivity index (χ4n) is 2.42. The first-order chi connectivity index (χ1) is 11.5. The number of carbonyl (C=O) groups is 2.